The quantitative estimate of drug-likeness (QED) is 0.695. The second-order valence-electron chi connectivity index (χ2n) is 4.48. The van der Waals surface area contributed by atoms with E-state index in [-0.39, 0.29) is 6.42 Å². The molecule has 0 atom stereocenters. The number of nitrogens with zero attached hydrogens (tertiary/aromatic N) is 3. The van der Waals surface area contributed by atoms with Crippen LogP contribution in [0.15, 0.2) is 0 Å². The molecule has 1 fully saturated rings. The normalized spacial score (nSPS) is 18.9. The number of rotatable bonds is 7. The summed E-state index contributed by atoms with van der Waals surface area (Å²) in [7, 11) is -3.36. The molecule has 1 aliphatic heterocycles. The molecule has 8 heteroatoms. The van der Waals surface area contributed by atoms with Gasteiger partial charge in [-0.1, -0.05) is 13.8 Å². The van der Waals surface area contributed by atoms with Crippen molar-refractivity contribution >= 4 is 16.2 Å². The highest BCUT2D eigenvalue weighted by atomic mass is 32.2. The fourth-order valence-corrected chi connectivity index (χ4v) is 3.75. The summed E-state index contributed by atoms with van der Waals surface area (Å²) in [5.74, 6) is -0.821. The predicted octanol–water partition coefficient (Wildman–Crippen LogP) is -0.335. The van der Waals surface area contributed by atoms with Crippen molar-refractivity contribution < 1.29 is 18.3 Å². The van der Waals surface area contributed by atoms with Crippen LogP contribution >= 0.6 is 0 Å². The lowest BCUT2D eigenvalue weighted by atomic mass is 10.3. The number of carbonyl (C=O) groups is 1. The maximum absolute atomic E-state index is 12.3. The maximum atomic E-state index is 12.3. The van der Waals surface area contributed by atoms with Crippen LogP contribution in [0.4, 0.5) is 0 Å². The molecule has 0 bridgehead atoms. The Labute approximate surface area is 115 Å². The van der Waals surface area contributed by atoms with Crippen LogP contribution in [-0.2, 0) is 15.0 Å². The molecule has 1 aliphatic rings. The number of hydrogen-bond donors (Lipinski definition) is 1. The van der Waals surface area contributed by atoms with Gasteiger partial charge in [0.05, 0.1) is 6.42 Å². The number of carboxylic acids is 1. The Bertz CT molecular complexity index is 387. The molecule has 1 saturated heterocycles. The van der Waals surface area contributed by atoms with Crippen molar-refractivity contribution in [2.24, 2.45) is 0 Å². The third-order valence-electron chi connectivity index (χ3n) is 3.33. The van der Waals surface area contributed by atoms with Crippen LogP contribution in [0.5, 0.6) is 0 Å². The van der Waals surface area contributed by atoms with Crippen molar-refractivity contribution in [3.8, 4) is 0 Å². The molecule has 0 amide bonds. The van der Waals surface area contributed by atoms with Crippen molar-refractivity contribution in [1.29, 1.82) is 0 Å². The van der Waals surface area contributed by atoms with Gasteiger partial charge >= 0.3 is 5.97 Å². The summed E-state index contributed by atoms with van der Waals surface area (Å²) in [5, 5.41) is 8.62. The Balaban J connectivity index is 2.51. The average molecular weight is 293 g/mol. The van der Waals surface area contributed by atoms with Crippen molar-refractivity contribution in [3.05, 3.63) is 0 Å². The summed E-state index contributed by atoms with van der Waals surface area (Å²) in [5.41, 5.74) is 0. The van der Waals surface area contributed by atoms with Gasteiger partial charge in [0, 0.05) is 45.8 Å². The van der Waals surface area contributed by atoms with Crippen LogP contribution in [0.2, 0.25) is 0 Å². The maximum Gasteiger partial charge on any atom is 0.304 e. The molecule has 19 heavy (non-hydrogen) atoms. The number of hydrogen-bond acceptors (Lipinski definition) is 4. The van der Waals surface area contributed by atoms with Gasteiger partial charge in [-0.3, -0.25) is 4.79 Å². The largest absolute Gasteiger partial charge is 0.481 e. The first-order chi connectivity index (χ1) is 8.91. The minimum Gasteiger partial charge on any atom is -0.481 e. The number of piperazine rings is 1. The standard InChI is InChI=1S/C11H23N3O4S/c1-3-13(4-2)19(17,18)14-9-7-12(8-10-14)6-5-11(15)16/h3-10H2,1-2H3,(H,15,16). The SMILES string of the molecule is CCN(CC)S(=O)(=O)N1CCN(CCC(=O)O)CC1. The summed E-state index contributed by atoms with van der Waals surface area (Å²) < 4.78 is 27.4. The lowest BCUT2D eigenvalue weighted by Gasteiger charge is -2.36. The Morgan fingerprint density at radius 2 is 1.68 bits per heavy atom. The Hall–Kier alpha value is -0.700. The van der Waals surface area contributed by atoms with Gasteiger partial charge in [-0.25, -0.2) is 0 Å². The molecule has 0 spiro atoms. The third-order valence-corrected chi connectivity index (χ3v) is 5.52. The molecule has 0 aromatic carbocycles. The van der Waals surface area contributed by atoms with Crippen LogP contribution in [0.1, 0.15) is 20.3 Å². The second kappa shape index (κ2) is 7.18. The molecule has 0 unspecified atom stereocenters. The van der Waals surface area contributed by atoms with E-state index in [2.05, 4.69) is 0 Å². The second-order valence-corrected chi connectivity index (χ2v) is 6.40. The fourth-order valence-electron chi connectivity index (χ4n) is 2.15. The zero-order valence-electron chi connectivity index (χ0n) is 11.6. The van der Waals surface area contributed by atoms with Crippen molar-refractivity contribution in [3.63, 3.8) is 0 Å². The molecule has 0 aliphatic carbocycles. The van der Waals surface area contributed by atoms with Gasteiger partial charge in [-0.15, -0.1) is 0 Å². The molecule has 1 heterocycles. The van der Waals surface area contributed by atoms with Crippen LogP contribution in [0.3, 0.4) is 0 Å². The van der Waals surface area contributed by atoms with Gasteiger partial charge < -0.3 is 10.0 Å². The van der Waals surface area contributed by atoms with Crippen molar-refractivity contribution in [2.75, 3.05) is 45.8 Å². The lowest BCUT2D eigenvalue weighted by Crippen LogP contribution is -2.53. The zero-order valence-corrected chi connectivity index (χ0v) is 12.4. The minimum absolute atomic E-state index is 0.1000. The third kappa shape index (κ3) is 4.41. The van der Waals surface area contributed by atoms with Crippen LogP contribution in [0.25, 0.3) is 0 Å². The van der Waals surface area contributed by atoms with E-state index in [4.69, 9.17) is 5.11 Å². The van der Waals surface area contributed by atoms with E-state index in [9.17, 15) is 13.2 Å². The number of carboxylic acid groups (broad SMARTS) is 1. The summed E-state index contributed by atoms with van der Waals surface area (Å²) in [6.07, 6.45) is 0.1000. The summed E-state index contributed by atoms with van der Waals surface area (Å²) in [6.45, 7) is 7.11. The summed E-state index contributed by atoms with van der Waals surface area (Å²) >= 11 is 0. The predicted molar refractivity (Wildman–Crippen MR) is 72.1 cm³/mol. The topological polar surface area (TPSA) is 81.2 Å². The van der Waals surface area contributed by atoms with E-state index in [0.717, 1.165) is 0 Å². The highest BCUT2D eigenvalue weighted by Crippen LogP contribution is 2.12. The molecule has 0 radical (unpaired) electrons. The van der Waals surface area contributed by atoms with E-state index in [1.165, 1.54) is 8.61 Å². The van der Waals surface area contributed by atoms with E-state index in [1.54, 1.807) is 0 Å². The van der Waals surface area contributed by atoms with Crippen molar-refractivity contribution in [2.45, 2.75) is 20.3 Å². The van der Waals surface area contributed by atoms with E-state index >= 15 is 0 Å². The Morgan fingerprint density at radius 3 is 2.11 bits per heavy atom. The minimum atomic E-state index is -3.36. The highest BCUT2D eigenvalue weighted by molar-refractivity contribution is 7.86. The Kier molecular flexibility index (Phi) is 6.18. The molecule has 1 rings (SSSR count). The first kappa shape index (κ1) is 16.4. The van der Waals surface area contributed by atoms with Crippen molar-refractivity contribution in [1.82, 2.24) is 13.5 Å². The Morgan fingerprint density at radius 1 is 1.16 bits per heavy atom. The molecule has 0 saturated carbocycles. The van der Waals surface area contributed by atoms with Gasteiger partial charge in [0.15, 0.2) is 0 Å². The van der Waals surface area contributed by atoms with Crippen LogP contribution < -0.4 is 0 Å². The summed E-state index contributed by atoms with van der Waals surface area (Å²) in [6, 6.07) is 0. The molecular weight excluding hydrogens is 270 g/mol. The van der Waals surface area contributed by atoms with E-state index in [1.807, 2.05) is 18.7 Å². The van der Waals surface area contributed by atoms with Crippen LogP contribution in [0, 0.1) is 0 Å². The molecule has 0 aromatic heterocycles. The highest BCUT2D eigenvalue weighted by Gasteiger charge is 2.30. The van der Waals surface area contributed by atoms with Gasteiger partial charge in [-0.2, -0.15) is 17.0 Å². The molecule has 1 N–H and O–H groups in total. The molecule has 0 aromatic rings. The van der Waals surface area contributed by atoms with Gasteiger partial charge in [0.2, 0.25) is 0 Å². The zero-order chi connectivity index (χ0) is 14.5. The molecule has 112 valence electrons. The van der Waals surface area contributed by atoms with E-state index < -0.39 is 16.2 Å². The number of aliphatic carboxylic acids is 1. The fraction of sp³-hybridized carbons (Fsp3) is 0.909. The van der Waals surface area contributed by atoms with Gasteiger partial charge in [0.1, 0.15) is 0 Å². The van der Waals surface area contributed by atoms with E-state index in [0.29, 0.717) is 45.8 Å². The molecule has 7 nitrogen and oxygen atoms in total. The van der Waals surface area contributed by atoms with Gasteiger partial charge in [0.25, 0.3) is 10.2 Å². The summed E-state index contributed by atoms with van der Waals surface area (Å²) in [4.78, 5) is 12.5. The lowest BCUT2D eigenvalue weighted by molar-refractivity contribution is -0.137. The first-order valence-electron chi connectivity index (χ1n) is 6.61. The first-order valence-corrected chi connectivity index (χ1v) is 8.00. The monoisotopic (exact) mass is 293 g/mol. The van der Waals surface area contributed by atoms with Gasteiger partial charge in [-0.05, 0) is 0 Å². The molecular formula is C11H23N3O4S. The van der Waals surface area contributed by atoms with Crippen LogP contribution in [-0.4, -0.2) is 78.8 Å². The average Bonchev–Trinajstić information content (AvgIpc) is 2.38. The smallest absolute Gasteiger partial charge is 0.304 e.